The second kappa shape index (κ2) is 5.84. The molecule has 1 amide bonds. The molecule has 2 bridgehead atoms. The highest BCUT2D eigenvalue weighted by atomic mass is 32.1. The summed E-state index contributed by atoms with van der Waals surface area (Å²) < 4.78 is 0. The van der Waals surface area contributed by atoms with Crippen LogP contribution in [0.3, 0.4) is 0 Å². The highest BCUT2D eigenvalue weighted by molar-refractivity contribution is 7.13. The molecule has 0 aliphatic heterocycles. The van der Waals surface area contributed by atoms with Gasteiger partial charge in [-0.15, -0.1) is 11.3 Å². The first-order valence-electron chi connectivity index (χ1n) is 8.08. The molecule has 2 aliphatic rings. The molecule has 4 rings (SSSR count). The number of rotatable bonds is 4. The lowest BCUT2D eigenvalue weighted by Crippen LogP contribution is -2.20. The zero-order valence-electron chi connectivity index (χ0n) is 12.5. The molecule has 1 heterocycles. The molecule has 4 heteroatoms. The van der Waals surface area contributed by atoms with E-state index in [0.29, 0.717) is 12.3 Å². The highest BCUT2D eigenvalue weighted by Crippen LogP contribution is 2.49. The number of anilines is 1. The van der Waals surface area contributed by atoms with Crippen molar-refractivity contribution in [1.82, 2.24) is 4.98 Å². The van der Waals surface area contributed by atoms with Crippen LogP contribution in [-0.4, -0.2) is 10.9 Å². The van der Waals surface area contributed by atoms with Gasteiger partial charge in [0.25, 0.3) is 0 Å². The first kappa shape index (κ1) is 13.9. The summed E-state index contributed by atoms with van der Waals surface area (Å²) in [7, 11) is 0. The Balaban J connectivity index is 1.35. The zero-order valence-corrected chi connectivity index (χ0v) is 13.3. The van der Waals surface area contributed by atoms with Gasteiger partial charge in [-0.1, -0.05) is 6.42 Å². The van der Waals surface area contributed by atoms with Crippen LogP contribution in [-0.2, 0) is 4.79 Å². The summed E-state index contributed by atoms with van der Waals surface area (Å²) in [5, 5.41) is 6.03. The normalized spacial score (nSPS) is 26.3. The molecule has 3 unspecified atom stereocenters. The lowest BCUT2D eigenvalue weighted by Gasteiger charge is -2.20. The molecule has 1 aromatic carbocycles. The molecule has 2 aliphatic carbocycles. The number of thiazole rings is 1. The number of hydrogen-bond acceptors (Lipinski definition) is 3. The van der Waals surface area contributed by atoms with Gasteiger partial charge >= 0.3 is 0 Å². The third kappa shape index (κ3) is 2.80. The second-order valence-electron chi connectivity index (χ2n) is 6.60. The number of carbonyl (C=O) groups excluding carboxylic acids is 1. The molecule has 1 aromatic heterocycles. The highest BCUT2D eigenvalue weighted by Gasteiger charge is 2.40. The van der Waals surface area contributed by atoms with E-state index in [-0.39, 0.29) is 5.91 Å². The van der Waals surface area contributed by atoms with Gasteiger partial charge in [0.05, 0.1) is 0 Å². The van der Waals surface area contributed by atoms with E-state index < -0.39 is 0 Å². The fourth-order valence-corrected chi connectivity index (χ4v) is 4.78. The van der Waals surface area contributed by atoms with Gasteiger partial charge in [0.15, 0.2) is 0 Å². The van der Waals surface area contributed by atoms with E-state index in [0.717, 1.165) is 28.1 Å². The summed E-state index contributed by atoms with van der Waals surface area (Å²) in [6.07, 6.45) is 7.86. The molecule has 0 spiro atoms. The van der Waals surface area contributed by atoms with E-state index in [1.165, 1.54) is 25.7 Å². The SMILES string of the molecule is O=C(CC1CC2CCC1C2)Nc1ccc(-c2nccs2)cc1. The number of amides is 1. The largest absolute Gasteiger partial charge is 0.326 e. The number of hydrogen-bond donors (Lipinski definition) is 1. The topological polar surface area (TPSA) is 42.0 Å². The average Bonchev–Trinajstić information content (AvgIpc) is 3.25. The summed E-state index contributed by atoms with van der Waals surface area (Å²) in [5.74, 6) is 2.50. The summed E-state index contributed by atoms with van der Waals surface area (Å²) in [6.45, 7) is 0. The minimum Gasteiger partial charge on any atom is -0.326 e. The Kier molecular flexibility index (Phi) is 3.70. The van der Waals surface area contributed by atoms with Crippen molar-refractivity contribution in [3.63, 3.8) is 0 Å². The fourth-order valence-electron chi connectivity index (χ4n) is 4.14. The van der Waals surface area contributed by atoms with Crippen LogP contribution >= 0.6 is 11.3 Å². The number of aromatic nitrogens is 1. The summed E-state index contributed by atoms with van der Waals surface area (Å²) in [6, 6.07) is 7.98. The van der Waals surface area contributed by atoms with Crippen LogP contribution < -0.4 is 5.32 Å². The van der Waals surface area contributed by atoms with Crippen LogP contribution in [0.15, 0.2) is 35.8 Å². The molecule has 0 radical (unpaired) electrons. The first-order valence-corrected chi connectivity index (χ1v) is 8.95. The van der Waals surface area contributed by atoms with Crippen molar-refractivity contribution in [3.8, 4) is 10.6 Å². The number of nitrogens with one attached hydrogen (secondary N) is 1. The maximum absolute atomic E-state index is 12.2. The van der Waals surface area contributed by atoms with Gasteiger partial charge in [-0.25, -0.2) is 4.98 Å². The second-order valence-corrected chi connectivity index (χ2v) is 7.50. The Labute approximate surface area is 134 Å². The third-order valence-corrected chi connectivity index (χ3v) is 6.00. The average molecular weight is 312 g/mol. The minimum absolute atomic E-state index is 0.166. The molecule has 2 saturated carbocycles. The standard InChI is InChI=1S/C18H20N2OS/c21-17(11-15-10-12-1-2-14(15)9-12)20-16-5-3-13(4-6-16)18-19-7-8-22-18/h3-8,12,14-15H,1-2,9-11H2,(H,20,21). The molecule has 3 nitrogen and oxygen atoms in total. The monoisotopic (exact) mass is 312 g/mol. The van der Waals surface area contributed by atoms with Gasteiger partial charge < -0.3 is 5.32 Å². The number of nitrogens with zero attached hydrogens (tertiary/aromatic N) is 1. The molecule has 3 atom stereocenters. The molecule has 22 heavy (non-hydrogen) atoms. The van der Waals surface area contributed by atoms with Gasteiger partial charge in [-0.2, -0.15) is 0 Å². The predicted octanol–water partition coefficient (Wildman–Crippen LogP) is 4.57. The predicted molar refractivity (Wildman–Crippen MR) is 89.7 cm³/mol. The van der Waals surface area contributed by atoms with Crippen LogP contribution in [0.4, 0.5) is 5.69 Å². The van der Waals surface area contributed by atoms with Crippen molar-refractivity contribution in [3.05, 3.63) is 35.8 Å². The lowest BCUT2D eigenvalue weighted by molar-refractivity contribution is -0.117. The maximum atomic E-state index is 12.2. The van der Waals surface area contributed by atoms with Crippen LogP contribution in [0.1, 0.15) is 32.1 Å². The molecular weight excluding hydrogens is 292 g/mol. The quantitative estimate of drug-likeness (QED) is 0.898. The molecule has 2 aromatic rings. The maximum Gasteiger partial charge on any atom is 0.224 e. The lowest BCUT2D eigenvalue weighted by atomic mass is 9.86. The molecule has 114 valence electrons. The zero-order chi connectivity index (χ0) is 14.9. The summed E-state index contributed by atoms with van der Waals surface area (Å²) in [4.78, 5) is 16.5. The van der Waals surface area contributed by atoms with E-state index in [2.05, 4.69) is 10.3 Å². The van der Waals surface area contributed by atoms with Gasteiger partial charge in [0, 0.05) is 29.2 Å². The Bertz CT molecular complexity index is 650. The Morgan fingerprint density at radius 1 is 1.23 bits per heavy atom. The Morgan fingerprint density at radius 3 is 2.73 bits per heavy atom. The van der Waals surface area contributed by atoms with E-state index in [1.807, 2.05) is 35.8 Å². The van der Waals surface area contributed by atoms with Crippen molar-refractivity contribution in [2.45, 2.75) is 32.1 Å². The van der Waals surface area contributed by atoms with Crippen LogP contribution in [0, 0.1) is 17.8 Å². The van der Waals surface area contributed by atoms with Crippen LogP contribution in [0.25, 0.3) is 10.6 Å². The van der Waals surface area contributed by atoms with Crippen molar-refractivity contribution in [2.75, 3.05) is 5.32 Å². The summed E-state index contributed by atoms with van der Waals surface area (Å²) >= 11 is 1.63. The van der Waals surface area contributed by atoms with Crippen LogP contribution in [0.5, 0.6) is 0 Å². The smallest absolute Gasteiger partial charge is 0.224 e. The van der Waals surface area contributed by atoms with Crippen molar-refractivity contribution < 1.29 is 4.79 Å². The van der Waals surface area contributed by atoms with E-state index in [1.54, 1.807) is 11.3 Å². The Morgan fingerprint density at radius 2 is 2.09 bits per heavy atom. The van der Waals surface area contributed by atoms with Gasteiger partial charge in [-0.3, -0.25) is 4.79 Å². The van der Waals surface area contributed by atoms with E-state index >= 15 is 0 Å². The molecule has 2 fully saturated rings. The number of carbonyl (C=O) groups is 1. The molecular formula is C18H20N2OS. The number of fused-ring (bicyclic) bond motifs is 2. The fraction of sp³-hybridized carbons (Fsp3) is 0.444. The number of benzene rings is 1. The van der Waals surface area contributed by atoms with E-state index in [4.69, 9.17) is 0 Å². The Hall–Kier alpha value is -1.68. The first-order chi connectivity index (χ1) is 10.8. The van der Waals surface area contributed by atoms with Crippen molar-refractivity contribution in [1.29, 1.82) is 0 Å². The summed E-state index contributed by atoms with van der Waals surface area (Å²) in [5.41, 5.74) is 1.98. The van der Waals surface area contributed by atoms with E-state index in [9.17, 15) is 4.79 Å². The van der Waals surface area contributed by atoms with Crippen LogP contribution in [0.2, 0.25) is 0 Å². The molecule has 0 saturated heterocycles. The third-order valence-electron chi connectivity index (χ3n) is 5.18. The van der Waals surface area contributed by atoms with Gasteiger partial charge in [0.2, 0.25) is 5.91 Å². The van der Waals surface area contributed by atoms with Gasteiger partial charge in [0.1, 0.15) is 5.01 Å². The minimum atomic E-state index is 0.166. The van der Waals surface area contributed by atoms with Gasteiger partial charge in [-0.05, 0) is 61.3 Å². The van der Waals surface area contributed by atoms with Crippen molar-refractivity contribution in [2.24, 2.45) is 17.8 Å². The molecule has 1 N–H and O–H groups in total. The van der Waals surface area contributed by atoms with Crippen molar-refractivity contribution >= 4 is 22.9 Å².